The van der Waals surface area contributed by atoms with Crippen LogP contribution in [0.3, 0.4) is 0 Å². The van der Waals surface area contributed by atoms with Crippen LogP contribution in [0.5, 0.6) is 5.75 Å². The fourth-order valence-electron chi connectivity index (χ4n) is 1.11. The lowest BCUT2D eigenvalue weighted by Crippen LogP contribution is -1.93. The van der Waals surface area contributed by atoms with Crippen molar-refractivity contribution in [2.75, 3.05) is 7.11 Å². The largest absolute Gasteiger partial charge is 0.496 e. The van der Waals surface area contributed by atoms with Gasteiger partial charge < -0.3 is 4.74 Å². The number of halogens is 1. The van der Waals surface area contributed by atoms with Gasteiger partial charge in [0.05, 0.1) is 11.6 Å². The SMILES string of the molecule is C#CC(C)c1cccc(OC)c1Br. The molecule has 0 radical (unpaired) electrons. The summed E-state index contributed by atoms with van der Waals surface area (Å²) >= 11 is 3.46. The Morgan fingerprint density at radius 2 is 2.23 bits per heavy atom. The van der Waals surface area contributed by atoms with Crippen LogP contribution in [0.1, 0.15) is 18.4 Å². The van der Waals surface area contributed by atoms with Crippen molar-refractivity contribution in [1.29, 1.82) is 0 Å². The molecule has 0 saturated heterocycles. The molecule has 68 valence electrons. The molecule has 0 amide bonds. The lowest BCUT2D eigenvalue weighted by Gasteiger charge is -2.10. The quantitative estimate of drug-likeness (QED) is 0.720. The zero-order chi connectivity index (χ0) is 9.84. The van der Waals surface area contributed by atoms with Crippen LogP contribution < -0.4 is 4.74 Å². The summed E-state index contributed by atoms with van der Waals surface area (Å²) in [4.78, 5) is 0. The Morgan fingerprint density at radius 1 is 1.54 bits per heavy atom. The highest BCUT2D eigenvalue weighted by atomic mass is 79.9. The van der Waals surface area contributed by atoms with Gasteiger partial charge in [-0.2, -0.15) is 0 Å². The Balaban J connectivity index is 3.17. The van der Waals surface area contributed by atoms with Crippen molar-refractivity contribution in [3.63, 3.8) is 0 Å². The summed E-state index contributed by atoms with van der Waals surface area (Å²) in [6.45, 7) is 1.99. The van der Waals surface area contributed by atoms with Crippen LogP contribution in [0.25, 0.3) is 0 Å². The van der Waals surface area contributed by atoms with Gasteiger partial charge in [-0.15, -0.1) is 6.42 Å². The summed E-state index contributed by atoms with van der Waals surface area (Å²) < 4.78 is 6.11. The average Bonchev–Trinajstić information content (AvgIpc) is 2.17. The molecule has 1 aromatic rings. The molecule has 2 heteroatoms. The van der Waals surface area contributed by atoms with E-state index in [2.05, 4.69) is 21.9 Å². The Hall–Kier alpha value is -0.940. The van der Waals surface area contributed by atoms with Crippen molar-refractivity contribution < 1.29 is 4.74 Å². The molecule has 1 aromatic carbocycles. The van der Waals surface area contributed by atoms with E-state index in [4.69, 9.17) is 11.2 Å². The van der Waals surface area contributed by atoms with Gasteiger partial charge in [-0.25, -0.2) is 0 Å². The highest BCUT2D eigenvalue weighted by Crippen LogP contribution is 2.32. The molecule has 0 heterocycles. The molecule has 1 nitrogen and oxygen atoms in total. The van der Waals surface area contributed by atoms with E-state index in [1.807, 2.05) is 25.1 Å². The second kappa shape index (κ2) is 4.34. The van der Waals surface area contributed by atoms with Crippen molar-refractivity contribution >= 4 is 15.9 Å². The van der Waals surface area contributed by atoms with Crippen molar-refractivity contribution in [2.24, 2.45) is 0 Å². The van der Waals surface area contributed by atoms with Crippen molar-refractivity contribution in [3.8, 4) is 18.1 Å². The molecular weight excluding hydrogens is 228 g/mol. The number of benzene rings is 1. The first-order chi connectivity index (χ1) is 6.20. The third kappa shape index (κ3) is 2.05. The summed E-state index contributed by atoms with van der Waals surface area (Å²) in [5.74, 6) is 3.61. The first-order valence-corrected chi connectivity index (χ1v) is 4.78. The van der Waals surface area contributed by atoms with Gasteiger partial charge in [0.2, 0.25) is 0 Å². The highest BCUT2D eigenvalue weighted by molar-refractivity contribution is 9.10. The van der Waals surface area contributed by atoms with Gasteiger partial charge >= 0.3 is 0 Å². The Labute approximate surface area is 87.2 Å². The fourth-order valence-corrected chi connectivity index (χ4v) is 1.88. The summed E-state index contributed by atoms with van der Waals surface area (Å²) in [5.41, 5.74) is 1.09. The first-order valence-electron chi connectivity index (χ1n) is 3.99. The average molecular weight is 239 g/mol. The van der Waals surface area contributed by atoms with E-state index in [1.54, 1.807) is 7.11 Å². The van der Waals surface area contributed by atoms with Crippen LogP contribution in [-0.4, -0.2) is 7.11 Å². The molecule has 1 rings (SSSR count). The van der Waals surface area contributed by atoms with Gasteiger partial charge in [-0.1, -0.05) is 18.1 Å². The molecule has 0 N–H and O–H groups in total. The minimum Gasteiger partial charge on any atom is -0.496 e. The highest BCUT2D eigenvalue weighted by Gasteiger charge is 2.09. The van der Waals surface area contributed by atoms with Crippen LogP contribution >= 0.6 is 15.9 Å². The molecule has 0 fully saturated rings. The topological polar surface area (TPSA) is 9.23 Å². The van der Waals surface area contributed by atoms with E-state index >= 15 is 0 Å². The van der Waals surface area contributed by atoms with Gasteiger partial charge in [-0.3, -0.25) is 0 Å². The normalized spacial score (nSPS) is 11.8. The van der Waals surface area contributed by atoms with Crippen LogP contribution in [0, 0.1) is 12.3 Å². The first kappa shape index (κ1) is 10.1. The summed E-state index contributed by atoms with van der Waals surface area (Å²) in [6, 6.07) is 5.83. The van der Waals surface area contributed by atoms with Crippen molar-refractivity contribution in [2.45, 2.75) is 12.8 Å². The van der Waals surface area contributed by atoms with Crippen LogP contribution in [0.15, 0.2) is 22.7 Å². The molecule has 1 atom stereocenters. The Kier molecular flexibility index (Phi) is 3.39. The third-order valence-electron chi connectivity index (χ3n) is 1.93. The van der Waals surface area contributed by atoms with Crippen molar-refractivity contribution in [1.82, 2.24) is 0 Å². The predicted octanol–water partition coefficient (Wildman–Crippen LogP) is 3.19. The molecule has 13 heavy (non-hydrogen) atoms. The third-order valence-corrected chi connectivity index (χ3v) is 2.78. The van der Waals surface area contributed by atoms with E-state index in [0.717, 1.165) is 15.8 Å². The minimum atomic E-state index is 0.101. The van der Waals surface area contributed by atoms with E-state index in [0.29, 0.717) is 0 Å². The zero-order valence-corrected chi connectivity index (χ0v) is 9.26. The number of hydrogen-bond donors (Lipinski definition) is 0. The molecule has 0 aliphatic heterocycles. The number of rotatable bonds is 2. The van der Waals surface area contributed by atoms with Gasteiger partial charge in [0.1, 0.15) is 5.75 Å². The second-order valence-electron chi connectivity index (χ2n) is 2.75. The summed E-state index contributed by atoms with van der Waals surface area (Å²) in [7, 11) is 1.64. The minimum absolute atomic E-state index is 0.101. The zero-order valence-electron chi connectivity index (χ0n) is 7.67. The summed E-state index contributed by atoms with van der Waals surface area (Å²) in [5, 5.41) is 0. The molecule has 0 aliphatic carbocycles. The van der Waals surface area contributed by atoms with Crippen LogP contribution in [0.2, 0.25) is 0 Å². The number of terminal acetylenes is 1. The number of ether oxygens (including phenoxy) is 1. The van der Waals surface area contributed by atoms with Crippen molar-refractivity contribution in [3.05, 3.63) is 28.2 Å². The maximum absolute atomic E-state index is 5.35. The molecule has 1 unspecified atom stereocenters. The lowest BCUT2D eigenvalue weighted by atomic mass is 10.0. The lowest BCUT2D eigenvalue weighted by molar-refractivity contribution is 0.411. The molecule has 0 aliphatic rings. The van der Waals surface area contributed by atoms with Gasteiger partial charge in [0.15, 0.2) is 0 Å². The van der Waals surface area contributed by atoms with E-state index < -0.39 is 0 Å². The monoisotopic (exact) mass is 238 g/mol. The predicted molar refractivity (Wildman–Crippen MR) is 57.9 cm³/mol. The maximum atomic E-state index is 5.35. The number of hydrogen-bond acceptors (Lipinski definition) is 1. The molecule has 0 aromatic heterocycles. The van der Waals surface area contributed by atoms with E-state index in [1.165, 1.54) is 0 Å². The van der Waals surface area contributed by atoms with Gasteiger partial charge in [0, 0.05) is 5.92 Å². The van der Waals surface area contributed by atoms with Crippen LogP contribution in [0.4, 0.5) is 0 Å². The molecular formula is C11H11BrO. The van der Waals surface area contributed by atoms with E-state index in [9.17, 15) is 0 Å². The fraction of sp³-hybridized carbons (Fsp3) is 0.273. The van der Waals surface area contributed by atoms with E-state index in [-0.39, 0.29) is 5.92 Å². The summed E-state index contributed by atoms with van der Waals surface area (Å²) in [6.07, 6.45) is 5.35. The second-order valence-corrected chi connectivity index (χ2v) is 3.54. The van der Waals surface area contributed by atoms with Crippen LogP contribution in [-0.2, 0) is 0 Å². The number of methoxy groups -OCH3 is 1. The Bertz CT molecular complexity index is 338. The van der Waals surface area contributed by atoms with Gasteiger partial charge in [-0.05, 0) is 34.5 Å². The smallest absolute Gasteiger partial charge is 0.133 e. The maximum Gasteiger partial charge on any atom is 0.133 e. The molecule has 0 spiro atoms. The van der Waals surface area contributed by atoms with Gasteiger partial charge in [0.25, 0.3) is 0 Å². The molecule has 0 bridgehead atoms. The molecule has 0 saturated carbocycles. The standard InChI is InChI=1S/C11H11BrO/c1-4-8(2)9-6-5-7-10(13-3)11(9)12/h1,5-8H,2-3H3. The Morgan fingerprint density at radius 3 is 2.77 bits per heavy atom.